The minimum absolute atomic E-state index is 0.0643. The van der Waals surface area contributed by atoms with Crippen molar-refractivity contribution < 1.29 is 19.2 Å². The fraction of sp³-hybridized carbons (Fsp3) is 0.115. The summed E-state index contributed by atoms with van der Waals surface area (Å²) in [6.07, 6.45) is 1.25. The molecule has 2 N–H and O–H groups in total. The van der Waals surface area contributed by atoms with Crippen molar-refractivity contribution in [3.8, 4) is 11.8 Å². The van der Waals surface area contributed by atoms with Gasteiger partial charge in [0.2, 0.25) is 0 Å². The molecule has 0 saturated heterocycles. The van der Waals surface area contributed by atoms with E-state index in [-0.39, 0.29) is 39.3 Å². The number of aryl methyl sites for hydroxylation is 2. The highest BCUT2D eigenvalue weighted by atomic mass is 35.5. The van der Waals surface area contributed by atoms with Crippen molar-refractivity contribution in [2.45, 2.75) is 13.8 Å². The van der Waals surface area contributed by atoms with Crippen LogP contribution in [0.1, 0.15) is 16.7 Å². The minimum Gasteiger partial charge on any atom is -0.481 e. The second-order valence-corrected chi connectivity index (χ2v) is 8.71. The first-order valence-corrected chi connectivity index (χ1v) is 11.5. The summed E-state index contributed by atoms with van der Waals surface area (Å²) in [4.78, 5) is 35.2. The highest BCUT2D eigenvalue weighted by Gasteiger charge is 2.15. The molecule has 3 rings (SSSR count). The van der Waals surface area contributed by atoms with Gasteiger partial charge in [-0.1, -0.05) is 47.0 Å². The molecule has 188 valence electrons. The van der Waals surface area contributed by atoms with Crippen molar-refractivity contribution >= 4 is 58.2 Å². The Balaban J connectivity index is 1.70. The zero-order chi connectivity index (χ0) is 27.1. The number of carbonyl (C=O) groups excluding carboxylic acids is 2. The van der Waals surface area contributed by atoms with Gasteiger partial charge in [-0.3, -0.25) is 19.7 Å². The number of amides is 2. The molecule has 0 aromatic heterocycles. The van der Waals surface area contributed by atoms with Gasteiger partial charge in [0.15, 0.2) is 12.4 Å². The lowest BCUT2D eigenvalue weighted by molar-refractivity contribution is -0.384. The molecule has 0 aliphatic heterocycles. The average molecular weight is 539 g/mol. The van der Waals surface area contributed by atoms with Crippen LogP contribution in [0.3, 0.4) is 0 Å². The Kier molecular flexibility index (Phi) is 8.85. The van der Waals surface area contributed by atoms with E-state index in [1.165, 1.54) is 42.5 Å². The predicted molar refractivity (Wildman–Crippen MR) is 142 cm³/mol. The molecule has 0 heterocycles. The van der Waals surface area contributed by atoms with Gasteiger partial charge in [0.25, 0.3) is 17.5 Å². The van der Waals surface area contributed by atoms with Crippen molar-refractivity contribution in [3.63, 3.8) is 0 Å². The number of anilines is 2. The summed E-state index contributed by atoms with van der Waals surface area (Å²) in [5.74, 6) is -1.12. The molecule has 0 saturated carbocycles. The topological polar surface area (TPSA) is 134 Å². The molecule has 3 aromatic carbocycles. The molecule has 0 aliphatic rings. The second kappa shape index (κ2) is 12.0. The molecule has 2 amide bonds. The van der Waals surface area contributed by atoms with E-state index in [0.717, 1.165) is 11.1 Å². The molecule has 11 heteroatoms. The van der Waals surface area contributed by atoms with E-state index in [0.29, 0.717) is 11.3 Å². The molecule has 0 radical (unpaired) electrons. The van der Waals surface area contributed by atoms with Crippen molar-refractivity contribution in [2.75, 3.05) is 17.2 Å². The van der Waals surface area contributed by atoms with Gasteiger partial charge in [0.05, 0.1) is 15.0 Å². The zero-order valence-corrected chi connectivity index (χ0v) is 21.2. The van der Waals surface area contributed by atoms with Gasteiger partial charge in [0.1, 0.15) is 11.6 Å². The first-order chi connectivity index (χ1) is 17.6. The van der Waals surface area contributed by atoms with Gasteiger partial charge < -0.3 is 15.4 Å². The van der Waals surface area contributed by atoms with Gasteiger partial charge in [-0.05, 0) is 55.3 Å². The summed E-state index contributed by atoms with van der Waals surface area (Å²) in [6.45, 7) is 3.48. The number of non-ortho nitro benzene ring substituents is 1. The highest BCUT2D eigenvalue weighted by molar-refractivity contribution is 6.37. The number of rotatable bonds is 8. The lowest BCUT2D eigenvalue weighted by atomic mass is 10.1. The number of nitrogens with zero attached hydrogens (tertiary/aromatic N) is 2. The van der Waals surface area contributed by atoms with E-state index in [9.17, 15) is 25.0 Å². The third-order valence-electron chi connectivity index (χ3n) is 5.02. The molecule has 0 atom stereocenters. The zero-order valence-electron chi connectivity index (χ0n) is 19.7. The fourth-order valence-electron chi connectivity index (χ4n) is 3.29. The van der Waals surface area contributed by atoms with Crippen LogP contribution in [-0.2, 0) is 9.59 Å². The quantitative estimate of drug-likeness (QED) is 0.154. The molecule has 0 spiro atoms. The number of nitro groups is 1. The van der Waals surface area contributed by atoms with Crippen molar-refractivity contribution in [1.29, 1.82) is 5.26 Å². The van der Waals surface area contributed by atoms with E-state index >= 15 is 0 Å². The van der Waals surface area contributed by atoms with Crippen LogP contribution in [0.4, 0.5) is 17.1 Å². The number of ether oxygens (including phenoxy) is 1. The first kappa shape index (κ1) is 27.2. The number of nitrogens with one attached hydrogen (secondary N) is 2. The summed E-state index contributed by atoms with van der Waals surface area (Å²) in [6, 6.07) is 15.5. The van der Waals surface area contributed by atoms with Gasteiger partial charge in [-0.2, -0.15) is 5.26 Å². The molecule has 37 heavy (non-hydrogen) atoms. The van der Waals surface area contributed by atoms with Crippen molar-refractivity contribution in [1.82, 2.24) is 0 Å². The van der Waals surface area contributed by atoms with Crippen LogP contribution >= 0.6 is 23.2 Å². The second-order valence-electron chi connectivity index (χ2n) is 7.90. The maximum Gasteiger partial charge on any atom is 0.271 e. The molecule has 0 bridgehead atoms. The Hall–Kier alpha value is -4.39. The van der Waals surface area contributed by atoms with E-state index in [1.54, 1.807) is 12.1 Å². The summed E-state index contributed by atoms with van der Waals surface area (Å²) in [7, 11) is 0. The van der Waals surface area contributed by atoms with Gasteiger partial charge in [-0.25, -0.2) is 0 Å². The Morgan fingerprint density at radius 2 is 1.78 bits per heavy atom. The minimum atomic E-state index is -0.779. The molecule has 9 nitrogen and oxygen atoms in total. The number of hydrogen-bond acceptors (Lipinski definition) is 6. The molecule has 3 aromatic rings. The lowest BCUT2D eigenvalue weighted by Crippen LogP contribution is -2.20. The third-order valence-corrected chi connectivity index (χ3v) is 5.58. The Bertz CT molecular complexity index is 1440. The van der Waals surface area contributed by atoms with Crippen LogP contribution in [0.15, 0.2) is 60.2 Å². The van der Waals surface area contributed by atoms with Gasteiger partial charge in [0, 0.05) is 23.5 Å². The van der Waals surface area contributed by atoms with Gasteiger partial charge >= 0.3 is 0 Å². The molecule has 0 aliphatic carbocycles. The van der Waals surface area contributed by atoms with Crippen LogP contribution in [0.25, 0.3) is 6.08 Å². The predicted octanol–water partition coefficient (Wildman–Crippen LogP) is 6.08. The molecular weight excluding hydrogens is 519 g/mol. The molecule has 0 unspecified atom stereocenters. The van der Waals surface area contributed by atoms with Crippen molar-refractivity contribution in [3.05, 3.63) is 97.0 Å². The first-order valence-electron chi connectivity index (χ1n) is 10.7. The van der Waals surface area contributed by atoms with Crippen molar-refractivity contribution in [2.24, 2.45) is 0 Å². The standard InChI is InChI=1S/C26H20Cl2N4O5/c1-15-6-7-23(16(2)8-15)31-24(33)14-37-25-21(27)10-17(11-22(25)28)9-18(13-29)26(34)30-19-4-3-5-20(12-19)32(35)36/h3-12H,14H2,1-2H3,(H,30,34)(H,31,33)/b18-9-. The smallest absolute Gasteiger partial charge is 0.271 e. The molecule has 0 fully saturated rings. The number of carbonyl (C=O) groups is 2. The number of benzene rings is 3. The molecular formula is C26H20Cl2N4O5. The van der Waals surface area contributed by atoms with Crippen LogP contribution in [-0.4, -0.2) is 23.3 Å². The number of nitro benzene ring substituents is 1. The van der Waals surface area contributed by atoms with E-state index in [2.05, 4.69) is 10.6 Å². The number of nitriles is 1. The third kappa shape index (κ3) is 7.30. The normalized spacial score (nSPS) is 10.8. The fourth-order valence-corrected chi connectivity index (χ4v) is 3.90. The van der Waals surface area contributed by atoms with Gasteiger partial charge in [-0.15, -0.1) is 0 Å². The summed E-state index contributed by atoms with van der Waals surface area (Å²) in [5, 5.41) is 25.7. The number of hydrogen-bond donors (Lipinski definition) is 2. The average Bonchev–Trinajstić information content (AvgIpc) is 2.83. The maximum absolute atomic E-state index is 12.5. The van der Waals surface area contributed by atoms with Crippen LogP contribution in [0.2, 0.25) is 10.0 Å². The maximum atomic E-state index is 12.5. The Morgan fingerprint density at radius 1 is 1.08 bits per heavy atom. The van der Waals surface area contributed by atoms with E-state index in [4.69, 9.17) is 27.9 Å². The van der Waals surface area contributed by atoms with Crippen LogP contribution in [0.5, 0.6) is 5.75 Å². The summed E-state index contributed by atoms with van der Waals surface area (Å²) >= 11 is 12.6. The summed E-state index contributed by atoms with van der Waals surface area (Å²) in [5.41, 5.74) is 2.61. The Morgan fingerprint density at radius 3 is 2.41 bits per heavy atom. The highest BCUT2D eigenvalue weighted by Crippen LogP contribution is 2.35. The number of halogens is 2. The van der Waals surface area contributed by atoms with Crippen LogP contribution < -0.4 is 15.4 Å². The summed E-state index contributed by atoms with van der Waals surface area (Å²) < 4.78 is 5.51. The largest absolute Gasteiger partial charge is 0.481 e. The lowest BCUT2D eigenvalue weighted by Gasteiger charge is -2.12. The Labute approximate surface area is 222 Å². The van der Waals surface area contributed by atoms with E-state index < -0.39 is 16.7 Å². The van der Waals surface area contributed by atoms with E-state index in [1.807, 2.05) is 26.0 Å². The van der Waals surface area contributed by atoms with Crippen LogP contribution in [0, 0.1) is 35.3 Å². The monoisotopic (exact) mass is 538 g/mol. The SMILES string of the molecule is Cc1ccc(NC(=O)COc2c(Cl)cc(/C=C(/C#N)C(=O)Nc3cccc([N+](=O)[O-])c3)cc2Cl)c(C)c1.